The van der Waals surface area contributed by atoms with Crippen LogP contribution in [-0.4, -0.2) is 28.5 Å². The third-order valence-electron chi connectivity index (χ3n) is 3.44. The summed E-state index contributed by atoms with van der Waals surface area (Å²) in [6.07, 6.45) is 0.921. The molecule has 1 heterocycles. The summed E-state index contributed by atoms with van der Waals surface area (Å²) in [7, 11) is 0. The summed E-state index contributed by atoms with van der Waals surface area (Å²) in [5.74, 6) is 0.647. The van der Waals surface area contributed by atoms with Crippen LogP contribution in [-0.2, 0) is 17.0 Å². The van der Waals surface area contributed by atoms with Crippen molar-refractivity contribution in [2.24, 2.45) is 5.73 Å². The van der Waals surface area contributed by atoms with Crippen LogP contribution in [0.3, 0.4) is 0 Å². The molecule has 3 N–H and O–H groups in total. The van der Waals surface area contributed by atoms with Crippen LogP contribution < -0.4 is 10.5 Å². The van der Waals surface area contributed by atoms with Crippen molar-refractivity contribution in [1.82, 2.24) is 0 Å². The minimum atomic E-state index is -0.974. The lowest BCUT2D eigenvalue weighted by molar-refractivity contribution is -0.139. The first-order valence-electron chi connectivity index (χ1n) is 6.37. The Morgan fingerprint density at radius 3 is 2.95 bits per heavy atom. The van der Waals surface area contributed by atoms with Crippen LogP contribution in [0.25, 0.3) is 0 Å². The van der Waals surface area contributed by atoms with Gasteiger partial charge in [0.25, 0.3) is 0 Å². The van der Waals surface area contributed by atoms with Crippen LogP contribution in [0.2, 0.25) is 0 Å². The second-order valence-corrected chi connectivity index (χ2v) is 7.90. The summed E-state index contributed by atoms with van der Waals surface area (Å²) in [5.41, 5.74) is 8.03. The predicted octanol–water partition coefficient (Wildman–Crippen LogP) is 2.81. The molecule has 0 aliphatic carbocycles. The SMILES string of the molecule is CC(C)(SCc1cc(Br)cc2c1OCC2)[C@H](N)C(=O)O. The quantitative estimate of drug-likeness (QED) is 0.845. The Kier molecular flexibility index (Phi) is 4.66. The summed E-state index contributed by atoms with van der Waals surface area (Å²) in [5, 5.41) is 9.04. The lowest BCUT2D eigenvalue weighted by atomic mass is 10.1. The van der Waals surface area contributed by atoms with E-state index in [1.807, 2.05) is 19.9 Å². The number of ether oxygens (including phenoxy) is 1. The van der Waals surface area contributed by atoms with E-state index in [0.717, 1.165) is 22.2 Å². The molecule has 0 fully saturated rings. The van der Waals surface area contributed by atoms with E-state index >= 15 is 0 Å². The zero-order valence-corrected chi connectivity index (χ0v) is 13.9. The van der Waals surface area contributed by atoms with Gasteiger partial charge in [0.15, 0.2) is 0 Å². The maximum absolute atomic E-state index is 11.0. The van der Waals surface area contributed by atoms with Crippen molar-refractivity contribution in [1.29, 1.82) is 0 Å². The molecule has 20 heavy (non-hydrogen) atoms. The number of aliphatic carboxylic acids is 1. The molecule has 0 spiro atoms. The van der Waals surface area contributed by atoms with Gasteiger partial charge in [-0.2, -0.15) is 0 Å². The number of carboxylic acids is 1. The van der Waals surface area contributed by atoms with Gasteiger partial charge in [0.2, 0.25) is 0 Å². The first-order valence-corrected chi connectivity index (χ1v) is 8.15. The van der Waals surface area contributed by atoms with Crippen LogP contribution in [0.4, 0.5) is 0 Å². The molecule has 0 unspecified atom stereocenters. The molecule has 0 amide bonds. The zero-order chi connectivity index (χ0) is 14.9. The number of halogens is 1. The number of fused-ring (bicyclic) bond motifs is 1. The number of carboxylic acid groups (broad SMARTS) is 1. The molecule has 6 heteroatoms. The van der Waals surface area contributed by atoms with E-state index in [-0.39, 0.29) is 0 Å². The van der Waals surface area contributed by atoms with Crippen LogP contribution in [0, 0.1) is 0 Å². The second kappa shape index (κ2) is 5.95. The average molecular weight is 360 g/mol. The van der Waals surface area contributed by atoms with Crippen molar-refractivity contribution >= 4 is 33.7 Å². The Hall–Kier alpha value is -0.720. The molecule has 1 atom stereocenters. The summed E-state index contributed by atoms with van der Waals surface area (Å²) in [4.78, 5) is 11.0. The molecule has 1 aromatic rings. The third-order valence-corrected chi connectivity index (χ3v) is 5.35. The average Bonchev–Trinajstić information content (AvgIpc) is 2.82. The van der Waals surface area contributed by atoms with Gasteiger partial charge in [-0.1, -0.05) is 15.9 Å². The van der Waals surface area contributed by atoms with E-state index in [9.17, 15) is 4.79 Å². The number of nitrogens with two attached hydrogens (primary N) is 1. The molecular formula is C14H18BrNO3S. The largest absolute Gasteiger partial charge is 0.493 e. The highest BCUT2D eigenvalue weighted by Crippen LogP contribution is 2.38. The number of carbonyl (C=O) groups is 1. The number of thioether (sulfide) groups is 1. The molecule has 0 radical (unpaired) electrons. The van der Waals surface area contributed by atoms with Gasteiger partial charge in [0.05, 0.1) is 6.61 Å². The van der Waals surface area contributed by atoms with Gasteiger partial charge in [-0.15, -0.1) is 11.8 Å². The monoisotopic (exact) mass is 359 g/mol. The highest BCUT2D eigenvalue weighted by molar-refractivity contribution is 9.10. The summed E-state index contributed by atoms with van der Waals surface area (Å²) in [6.45, 7) is 4.42. The van der Waals surface area contributed by atoms with Crippen LogP contribution >= 0.6 is 27.7 Å². The highest BCUT2D eigenvalue weighted by Gasteiger charge is 2.33. The summed E-state index contributed by atoms with van der Waals surface area (Å²) in [6, 6.07) is 3.21. The second-order valence-electron chi connectivity index (χ2n) is 5.36. The highest BCUT2D eigenvalue weighted by atomic mass is 79.9. The van der Waals surface area contributed by atoms with Gasteiger partial charge >= 0.3 is 5.97 Å². The lowest BCUT2D eigenvalue weighted by Crippen LogP contribution is -2.46. The van der Waals surface area contributed by atoms with Crippen LogP contribution in [0.5, 0.6) is 5.75 Å². The summed E-state index contributed by atoms with van der Waals surface area (Å²) < 4.78 is 6.16. The zero-order valence-electron chi connectivity index (χ0n) is 11.5. The predicted molar refractivity (Wildman–Crippen MR) is 84.3 cm³/mol. The van der Waals surface area contributed by atoms with Gasteiger partial charge in [-0.3, -0.25) is 4.79 Å². The van der Waals surface area contributed by atoms with Gasteiger partial charge in [0, 0.05) is 27.0 Å². The molecule has 1 aliphatic heterocycles. The Morgan fingerprint density at radius 2 is 2.30 bits per heavy atom. The number of rotatable bonds is 5. The molecule has 110 valence electrons. The third kappa shape index (κ3) is 3.30. The van der Waals surface area contributed by atoms with Crippen molar-refractivity contribution in [2.45, 2.75) is 36.8 Å². The number of benzene rings is 1. The maximum Gasteiger partial charge on any atom is 0.321 e. The molecule has 4 nitrogen and oxygen atoms in total. The fraction of sp³-hybridized carbons (Fsp3) is 0.500. The van der Waals surface area contributed by atoms with Gasteiger partial charge in [0.1, 0.15) is 11.8 Å². The first-order chi connectivity index (χ1) is 9.31. The fourth-order valence-corrected chi connectivity index (χ4v) is 3.68. The fourth-order valence-electron chi connectivity index (χ4n) is 2.10. The Morgan fingerprint density at radius 1 is 1.60 bits per heavy atom. The molecule has 0 bridgehead atoms. The van der Waals surface area contributed by atoms with Crippen molar-refractivity contribution < 1.29 is 14.6 Å². The summed E-state index contributed by atoms with van der Waals surface area (Å²) >= 11 is 5.04. The normalized spacial score (nSPS) is 15.6. The number of hydrogen-bond acceptors (Lipinski definition) is 4. The minimum absolute atomic E-state index is 0.542. The Balaban J connectivity index is 2.14. The van der Waals surface area contributed by atoms with Crippen LogP contribution in [0.15, 0.2) is 16.6 Å². The molecular weight excluding hydrogens is 342 g/mol. The van der Waals surface area contributed by atoms with Gasteiger partial charge in [-0.05, 0) is 31.5 Å². The van der Waals surface area contributed by atoms with E-state index in [1.54, 1.807) is 0 Å². The van der Waals surface area contributed by atoms with Crippen molar-refractivity contribution in [3.8, 4) is 5.75 Å². The smallest absolute Gasteiger partial charge is 0.321 e. The molecule has 0 saturated heterocycles. The van der Waals surface area contributed by atoms with Gasteiger partial charge in [-0.25, -0.2) is 0 Å². The van der Waals surface area contributed by atoms with Crippen LogP contribution in [0.1, 0.15) is 25.0 Å². The standard InChI is InChI=1S/C14H18BrNO3S/c1-14(2,12(16)13(17)18)20-7-9-6-10(15)5-8-3-4-19-11(8)9/h5-6,12H,3-4,7,16H2,1-2H3,(H,17,18)/t12-/m1/s1. The van der Waals surface area contributed by atoms with E-state index in [4.69, 9.17) is 15.6 Å². The van der Waals surface area contributed by atoms with Crippen molar-refractivity contribution in [3.05, 3.63) is 27.7 Å². The first kappa shape index (κ1) is 15.7. The van der Waals surface area contributed by atoms with Crippen molar-refractivity contribution in [3.63, 3.8) is 0 Å². The van der Waals surface area contributed by atoms with E-state index in [1.165, 1.54) is 17.3 Å². The molecule has 0 saturated carbocycles. The lowest BCUT2D eigenvalue weighted by Gasteiger charge is -2.28. The number of hydrogen-bond donors (Lipinski definition) is 2. The van der Waals surface area contributed by atoms with Crippen molar-refractivity contribution in [2.75, 3.05) is 6.61 Å². The Labute approximate surface area is 131 Å². The van der Waals surface area contributed by atoms with E-state index in [2.05, 4.69) is 22.0 Å². The van der Waals surface area contributed by atoms with E-state index in [0.29, 0.717) is 12.4 Å². The molecule has 1 aliphatic rings. The van der Waals surface area contributed by atoms with Gasteiger partial charge < -0.3 is 15.6 Å². The minimum Gasteiger partial charge on any atom is -0.493 e. The topological polar surface area (TPSA) is 72.5 Å². The molecule has 0 aromatic heterocycles. The molecule has 2 rings (SSSR count). The maximum atomic E-state index is 11.0. The molecule has 1 aromatic carbocycles. The van der Waals surface area contributed by atoms with E-state index < -0.39 is 16.8 Å². The Bertz CT molecular complexity index is 533.